The van der Waals surface area contributed by atoms with Crippen molar-refractivity contribution < 1.29 is 14.2 Å². The molecule has 4 rings (SSSR count). The lowest BCUT2D eigenvalue weighted by atomic mass is 10.1. The van der Waals surface area contributed by atoms with E-state index in [4.69, 9.17) is 16.3 Å². The predicted molar refractivity (Wildman–Crippen MR) is 117 cm³/mol. The molecular weight excluding hydrogens is 419 g/mol. The fourth-order valence-electron chi connectivity index (χ4n) is 3.25. The minimum Gasteiger partial charge on any atom is -0.424 e. The van der Waals surface area contributed by atoms with Gasteiger partial charge in [-0.1, -0.05) is 18.5 Å². The number of imidazole rings is 1. The highest BCUT2D eigenvalue weighted by atomic mass is 35.5. The third-order valence-electron chi connectivity index (χ3n) is 4.89. The normalized spacial score (nSPS) is 12.0. The van der Waals surface area contributed by atoms with Crippen LogP contribution in [0.4, 0.5) is 4.39 Å². The fraction of sp³-hybridized carbons (Fsp3) is 0.174. The molecule has 0 bridgehead atoms. The zero-order valence-electron chi connectivity index (χ0n) is 16.7. The Balaban J connectivity index is 1.79. The van der Waals surface area contributed by atoms with Gasteiger partial charge in [-0.15, -0.1) is 0 Å². The molecule has 0 aliphatic carbocycles. The lowest BCUT2D eigenvalue weighted by molar-refractivity contribution is 0.225. The van der Waals surface area contributed by atoms with Gasteiger partial charge in [-0.3, -0.25) is 0 Å². The van der Waals surface area contributed by atoms with Crippen LogP contribution in [-0.4, -0.2) is 31.2 Å². The van der Waals surface area contributed by atoms with Crippen LogP contribution in [0, 0.1) is 5.82 Å². The van der Waals surface area contributed by atoms with Crippen molar-refractivity contribution in [2.75, 3.05) is 6.61 Å². The van der Waals surface area contributed by atoms with E-state index < -0.39 is 0 Å². The third kappa shape index (κ3) is 4.57. The van der Waals surface area contributed by atoms with E-state index in [1.165, 1.54) is 12.1 Å². The second kappa shape index (κ2) is 9.24. The van der Waals surface area contributed by atoms with E-state index in [1.54, 1.807) is 55.0 Å². The van der Waals surface area contributed by atoms with E-state index in [0.717, 1.165) is 5.56 Å². The lowest BCUT2D eigenvalue weighted by Crippen LogP contribution is -2.13. The Morgan fingerprint density at radius 3 is 2.48 bits per heavy atom. The SMILES string of the molecule is CC[C@@H](CO)n1cnc(-c2ccc(F)cc2)c1-c1ccnc(Oc2ccc(Cl)cc2)n1. The van der Waals surface area contributed by atoms with E-state index >= 15 is 0 Å². The number of halogens is 2. The molecule has 1 N–H and O–H groups in total. The molecule has 0 saturated heterocycles. The van der Waals surface area contributed by atoms with Crippen molar-refractivity contribution in [2.24, 2.45) is 0 Å². The first-order valence-electron chi connectivity index (χ1n) is 9.79. The van der Waals surface area contributed by atoms with Crippen LogP contribution >= 0.6 is 11.6 Å². The van der Waals surface area contributed by atoms with Gasteiger partial charge >= 0.3 is 6.01 Å². The quantitative estimate of drug-likeness (QED) is 0.410. The van der Waals surface area contributed by atoms with Crippen LogP contribution in [0.1, 0.15) is 19.4 Å². The molecule has 8 heteroatoms. The van der Waals surface area contributed by atoms with E-state index in [0.29, 0.717) is 34.3 Å². The Hall–Kier alpha value is -3.29. The number of hydrogen-bond donors (Lipinski definition) is 1. The Kier molecular flexibility index (Phi) is 6.25. The topological polar surface area (TPSA) is 73.1 Å². The molecule has 158 valence electrons. The molecule has 0 fully saturated rings. The Morgan fingerprint density at radius 2 is 1.81 bits per heavy atom. The number of aliphatic hydroxyl groups excluding tert-OH is 1. The number of hydrogen-bond acceptors (Lipinski definition) is 5. The van der Waals surface area contributed by atoms with Gasteiger partial charge in [0.15, 0.2) is 0 Å². The van der Waals surface area contributed by atoms with Crippen LogP contribution in [-0.2, 0) is 0 Å². The van der Waals surface area contributed by atoms with Crippen LogP contribution in [0.25, 0.3) is 22.6 Å². The minimum absolute atomic E-state index is 0.0536. The first kappa shape index (κ1) is 21.0. The Labute approximate surface area is 184 Å². The summed E-state index contributed by atoms with van der Waals surface area (Å²) >= 11 is 5.93. The first-order valence-corrected chi connectivity index (χ1v) is 10.2. The number of aliphatic hydroxyl groups is 1. The maximum Gasteiger partial charge on any atom is 0.322 e. The van der Waals surface area contributed by atoms with Crippen LogP contribution < -0.4 is 4.74 Å². The maximum absolute atomic E-state index is 13.4. The summed E-state index contributed by atoms with van der Waals surface area (Å²) in [6.45, 7) is 1.93. The molecule has 2 aromatic carbocycles. The number of ether oxygens (including phenoxy) is 1. The molecule has 31 heavy (non-hydrogen) atoms. The minimum atomic E-state index is -0.327. The van der Waals surface area contributed by atoms with Gasteiger partial charge in [-0.25, -0.2) is 14.4 Å². The average Bonchev–Trinajstić information content (AvgIpc) is 3.22. The monoisotopic (exact) mass is 438 g/mol. The molecule has 2 aromatic heterocycles. The van der Waals surface area contributed by atoms with Crippen molar-refractivity contribution in [1.82, 2.24) is 19.5 Å². The summed E-state index contributed by atoms with van der Waals surface area (Å²) in [5.74, 6) is 0.225. The van der Waals surface area contributed by atoms with Gasteiger partial charge in [0.25, 0.3) is 0 Å². The van der Waals surface area contributed by atoms with Crippen LogP contribution in [0.2, 0.25) is 5.02 Å². The molecule has 6 nitrogen and oxygen atoms in total. The van der Waals surface area contributed by atoms with Gasteiger partial charge in [0.05, 0.1) is 36.1 Å². The summed E-state index contributed by atoms with van der Waals surface area (Å²) in [6.07, 6.45) is 3.96. The molecule has 1 atom stereocenters. The summed E-state index contributed by atoms with van der Waals surface area (Å²) < 4.78 is 21.1. The molecular formula is C23H20ClFN4O2. The van der Waals surface area contributed by atoms with E-state index in [9.17, 15) is 9.50 Å². The molecule has 0 aliphatic rings. The van der Waals surface area contributed by atoms with Gasteiger partial charge in [-0.05, 0) is 61.0 Å². The molecule has 2 heterocycles. The molecule has 4 aromatic rings. The Bertz CT molecular complexity index is 1160. The number of benzene rings is 2. The largest absolute Gasteiger partial charge is 0.424 e. The van der Waals surface area contributed by atoms with Crippen LogP contribution in [0.3, 0.4) is 0 Å². The zero-order valence-corrected chi connectivity index (χ0v) is 17.5. The summed E-state index contributed by atoms with van der Waals surface area (Å²) in [7, 11) is 0. The highest BCUT2D eigenvalue weighted by Gasteiger charge is 2.21. The fourth-order valence-corrected chi connectivity index (χ4v) is 3.38. The van der Waals surface area contributed by atoms with Crippen LogP contribution in [0.5, 0.6) is 11.8 Å². The maximum atomic E-state index is 13.4. The lowest BCUT2D eigenvalue weighted by Gasteiger charge is -2.18. The van der Waals surface area contributed by atoms with Gasteiger partial charge in [-0.2, -0.15) is 4.98 Å². The molecule has 0 aliphatic heterocycles. The van der Waals surface area contributed by atoms with Crippen molar-refractivity contribution in [3.63, 3.8) is 0 Å². The summed E-state index contributed by atoms with van der Waals surface area (Å²) in [5.41, 5.74) is 2.63. The number of aromatic nitrogens is 4. The van der Waals surface area contributed by atoms with Crippen molar-refractivity contribution in [1.29, 1.82) is 0 Å². The third-order valence-corrected chi connectivity index (χ3v) is 5.14. The molecule has 0 saturated carbocycles. The summed E-state index contributed by atoms with van der Waals surface area (Å²) in [6, 6.07) is 14.7. The second-order valence-corrected chi connectivity index (χ2v) is 7.32. The van der Waals surface area contributed by atoms with E-state index in [-0.39, 0.29) is 24.5 Å². The van der Waals surface area contributed by atoms with E-state index in [2.05, 4.69) is 15.0 Å². The van der Waals surface area contributed by atoms with Crippen molar-refractivity contribution in [2.45, 2.75) is 19.4 Å². The molecule has 0 amide bonds. The van der Waals surface area contributed by atoms with E-state index in [1.807, 2.05) is 11.5 Å². The number of rotatable bonds is 7. The van der Waals surface area contributed by atoms with Crippen molar-refractivity contribution in [3.05, 3.63) is 78.0 Å². The predicted octanol–water partition coefficient (Wildman–Crippen LogP) is 5.54. The Morgan fingerprint density at radius 1 is 1.06 bits per heavy atom. The van der Waals surface area contributed by atoms with Crippen molar-refractivity contribution >= 4 is 11.6 Å². The first-order chi connectivity index (χ1) is 15.1. The average molecular weight is 439 g/mol. The molecule has 0 radical (unpaired) electrons. The van der Waals surface area contributed by atoms with Gasteiger partial charge in [0.2, 0.25) is 0 Å². The summed E-state index contributed by atoms with van der Waals surface area (Å²) in [4.78, 5) is 13.3. The second-order valence-electron chi connectivity index (χ2n) is 6.88. The number of nitrogens with zero attached hydrogens (tertiary/aromatic N) is 4. The van der Waals surface area contributed by atoms with Crippen molar-refractivity contribution in [3.8, 4) is 34.4 Å². The standard InChI is InChI=1S/C23H20ClFN4O2/c1-2-18(13-30)29-14-27-21(15-3-7-17(25)8-4-15)22(29)20-11-12-26-23(28-20)31-19-9-5-16(24)6-10-19/h3-12,14,18,30H,2,13H2,1H3/t18-/m0/s1. The summed E-state index contributed by atoms with van der Waals surface area (Å²) in [5, 5.41) is 10.5. The van der Waals surface area contributed by atoms with Gasteiger partial charge in [0, 0.05) is 16.8 Å². The highest BCUT2D eigenvalue weighted by Crippen LogP contribution is 2.34. The van der Waals surface area contributed by atoms with Gasteiger partial charge in [0.1, 0.15) is 11.6 Å². The smallest absolute Gasteiger partial charge is 0.322 e. The highest BCUT2D eigenvalue weighted by molar-refractivity contribution is 6.30. The van der Waals surface area contributed by atoms with Gasteiger partial charge < -0.3 is 14.4 Å². The van der Waals surface area contributed by atoms with Crippen LogP contribution in [0.15, 0.2) is 67.1 Å². The molecule has 0 spiro atoms. The molecule has 0 unspecified atom stereocenters. The zero-order chi connectivity index (χ0) is 21.8.